The Morgan fingerprint density at radius 3 is 2.49 bits per heavy atom. The van der Waals surface area contributed by atoms with Crippen LogP contribution in [0.5, 0.6) is 5.75 Å². The molecule has 0 bridgehead atoms. The molecule has 192 valence electrons. The predicted molar refractivity (Wildman–Crippen MR) is 139 cm³/mol. The van der Waals surface area contributed by atoms with Crippen molar-refractivity contribution in [1.29, 1.82) is 0 Å². The molecule has 35 heavy (non-hydrogen) atoms. The molecule has 0 spiro atoms. The number of amides is 1. The number of fused-ring (bicyclic) bond motifs is 5. The molecular weight excluding hydrogens is 434 g/mol. The molecule has 1 aliphatic heterocycles. The monoisotopic (exact) mass is 479 g/mol. The number of rotatable bonds is 2. The van der Waals surface area contributed by atoms with Crippen molar-refractivity contribution in [2.75, 3.05) is 7.05 Å². The minimum Gasteiger partial charge on any atom is -0.426 e. The summed E-state index contributed by atoms with van der Waals surface area (Å²) in [5.74, 6) is 3.36. The van der Waals surface area contributed by atoms with Gasteiger partial charge in [0.15, 0.2) is 0 Å². The lowest BCUT2D eigenvalue weighted by molar-refractivity contribution is -0.170. The first kappa shape index (κ1) is 24.8. The van der Waals surface area contributed by atoms with Gasteiger partial charge in [-0.3, -0.25) is 9.59 Å². The highest BCUT2D eigenvalue weighted by molar-refractivity contribution is 5.78. The zero-order valence-electron chi connectivity index (χ0n) is 22.9. The summed E-state index contributed by atoms with van der Waals surface area (Å²) >= 11 is 0. The minimum absolute atomic E-state index is 0.00767. The van der Waals surface area contributed by atoms with Gasteiger partial charge in [-0.2, -0.15) is 0 Å². The first-order valence-corrected chi connectivity index (χ1v) is 13.9. The summed E-state index contributed by atoms with van der Waals surface area (Å²) in [6.07, 6.45) is 7.13. The van der Waals surface area contributed by atoms with Crippen LogP contribution in [-0.2, 0) is 15.0 Å². The summed E-state index contributed by atoms with van der Waals surface area (Å²) < 4.78 is 6.06. The number of benzene rings is 1. The SMILES string of the molecule is C[C@H]1C[C@H]2N(C)C(=O)CC[C@]2(C)[C@H]2CC[C@]3(C)[C@@H](C(=O)Oc4cccc(C(C)(C)C)c4)CC[C@H]3[C@H]12. The maximum absolute atomic E-state index is 13.6. The van der Waals surface area contributed by atoms with E-state index in [1.54, 1.807) is 0 Å². The lowest BCUT2D eigenvalue weighted by Gasteiger charge is -2.63. The van der Waals surface area contributed by atoms with Crippen LogP contribution in [0.3, 0.4) is 0 Å². The molecule has 0 N–H and O–H groups in total. The average Bonchev–Trinajstić information content (AvgIpc) is 3.15. The highest BCUT2D eigenvalue weighted by Crippen LogP contribution is 2.67. The van der Waals surface area contributed by atoms with Gasteiger partial charge in [0, 0.05) is 19.5 Å². The largest absolute Gasteiger partial charge is 0.426 e. The van der Waals surface area contributed by atoms with E-state index in [1.165, 1.54) is 12.0 Å². The van der Waals surface area contributed by atoms with Gasteiger partial charge in [-0.15, -0.1) is 0 Å². The van der Waals surface area contributed by atoms with Gasteiger partial charge in [0.25, 0.3) is 0 Å². The minimum atomic E-state index is -0.0324. The molecule has 4 fully saturated rings. The molecule has 5 rings (SSSR count). The molecule has 8 atom stereocenters. The Bertz CT molecular complexity index is 1010. The van der Waals surface area contributed by atoms with Crippen molar-refractivity contribution in [2.24, 2.45) is 40.4 Å². The van der Waals surface area contributed by atoms with E-state index in [-0.39, 0.29) is 28.1 Å². The van der Waals surface area contributed by atoms with Gasteiger partial charge in [0.2, 0.25) is 5.91 Å². The maximum Gasteiger partial charge on any atom is 0.314 e. The average molecular weight is 480 g/mol. The first-order chi connectivity index (χ1) is 16.4. The molecule has 0 aromatic heterocycles. The van der Waals surface area contributed by atoms with Gasteiger partial charge in [-0.25, -0.2) is 0 Å². The molecule has 1 aromatic carbocycles. The van der Waals surface area contributed by atoms with Crippen LogP contribution in [0.4, 0.5) is 0 Å². The van der Waals surface area contributed by atoms with E-state index in [2.05, 4.69) is 52.5 Å². The fraction of sp³-hybridized carbons (Fsp3) is 0.742. The molecular formula is C31H45NO3. The molecule has 1 amide bonds. The Hall–Kier alpha value is -1.84. The summed E-state index contributed by atoms with van der Waals surface area (Å²) in [5, 5.41) is 0. The van der Waals surface area contributed by atoms with E-state index in [4.69, 9.17) is 4.74 Å². The van der Waals surface area contributed by atoms with Gasteiger partial charge >= 0.3 is 5.97 Å². The Morgan fingerprint density at radius 2 is 1.77 bits per heavy atom. The molecule has 1 heterocycles. The van der Waals surface area contributed by atoms with Crippen LogP contribution in [0.2, 0.25) is 0 Å². The number of hydrogen-bond donors (Lipinski definition) is 0. The number of esters is 1. The number of carbonyl (C=O) groups is 2. The van der Waals surface area contributed by atoms with Gasteiger partial charge in [-0.05, 0) is 96.1 Å². The normalized spacial score (nSPS) is 41.1. The topological polar surface area (TPSA) is 46.6 Å². The highest BCUT2D eigenvalue weighted by atomic mass is 16.5. The lowest BCUT2D eigenvalue weighted by Crippen LogP contribution is -2.63. The third kappa shape index (κ3) is 3.85. The molecule has 0 unspecified atom stereocenters. The second kappa shape index (κ2) is 8.35. The number of nitrogens with zero attached hydrogens (tertiary/aromatic N) is 1. The van der Waals surface area contributed by atoms with Gasteiger partial charge in [-0.1, -0.05) is 53.7 Å². The quantitative estimate of drug-likeness (QED) is 0.354. The Kier molecular flexibility index (Phi) is 5.92. The highest BCUT2D eigenvalue weighted by Gasteiger charge is 2.64. The van der Waals surface area contributed by atoms with Crippen molar-refractivity contribution in [2.45, 2.75) is 97.9 Å². The Labute approximate surface area is 212 Å². The van der Waals surface area contributed by atoms with Crippen LogP contribution < -0.4 is 4.74 Å². The second-order valence-corrected chi connectivity index (χ2v) is 13.9. The summed E-state index contributed by atoms with van der Waals surface area (Å²) in [6, 6.07) is 8.43. The molecule has 1 saturated heterocycles. The summed E-state index contributed by atoms with van der Waals surface area (Å²) in [7, 11) is 2.03. The van der Waals surface area contributed by atoms with Crippen molar-refractivity contribution in [3.63, 3.8) is 0 Å². The smallest absolute Gasteiger partial charge is 0.314 e. The number of piperidine rings is 1. The van der Waals surface area contributed by atoms with E-state index in [0.717, 1.165) is 32.1 Å². The van der Waals surface area contributed by atoms with Crippen LogP contribution in [0.1, 0.15) is 92.1 Å². The molecule has 4 aliphatic rings. The molecule has 4 heteroatoms. The Morgan fingerprint density at radius 1 is 1.06 bits per heavy atom. The van der Waals surface area contributed by atoms with Crippen LogP contribution in [0, 0.1) is 40.4 Å². The Balaban J connectivity index is 1.37. The van der Waals surface area contributed by atoms with Crippen LogP contribution >= 0.6 is 0 Å². The molecule has 3 aliphatic carbocycles. The molecule has 0 radical (unpaired) electrons. The van der Waals surface area contributed by atoms with Crippen LogP contribution in [0.25, 0.3) is 0 Å². The number of ether oxygens (including phenoxy) is 1. The van der Waals surface area contributed by atoms with E-state index >= 15 is 0 Å². The zero-order chi connectivity index (χ0) is 25.3. The number of carbonyl (C=O) groups excluding carboxylic acids is 2. The third-order valence-electron chi connectivity index (χ3n) is 11.1. The fourth-order valence-electron chi connectivity index (χ4n) is 9.06. The van der Waals surface area contributed by atoms with Gasteiger partial charge in [0.1, 0.15) is 5.75 Å². The van der Waals surface area contributed by atoms with E-state index in [0.29, 0.717) is 47.8 Å². The van der Waals surface area contributed by atoms with E-state index < -0.39 is 0 Å². The number of likely N-dealkylation sites (tertiary alicyclic amines) is 1. The third-order valence-corrected chi connectivity index (χ3v) is 11.1. The van der Waals surface area contributed by atoms with E-state index in [1.807, 2.05) is 25.2 Å². The molecule has 3 saturated carbocycles. The van der Waals surface area contributed by atoms with Crippen molar-refractivity contribution < 1.29 is 14.3 Å². The van der Waals surface area contributed by atoms with E-state index in [9.17, 15) is 9.59 Å². The van der Waals surface area contributed by atoms with Crippen molar-refractivity contribution in [3.8, 4) is 5.75 Å². The number of hydrogen-bond acceptors (Lipinski definition) is 3. The van der Waals surface area contributed by atoms with Crippen LogP contribution in [-0.4, -0.2) is 29.9 Å². The predicted octanol–water partition coefficient (Wildman–Crippen LogP) is 6.62. The fourth-order valence-corrected chi connectivity index (χ4v) is 9.06. The molecule has 1 aromatic rings. The molecule has 4 nitrogen and oxygen atoms in total. The summed E-state index contributed by atoms with van der Waals surface area (Å²) in [5.41, 5.74) is 1.42. The summed E-state index contributed by atoms with van der Waals surface area (Å²) in [4.78, 5) is 28.2. The maximum atomic E-state index is 13.6. The van der Waals surface area contributed by atoms with Gasteiger partial charge in [0.05, 0.1) is 5.92 Å². The lowest BCUT2D eigenvalue weighted by atomic mass is 9.44. The second-order valence-electron chi connectivity index (χ2n) is 13.9. The summed E-state index contributed by atoms with van der Waals surface area (Å²) in [6.45, 7) is 13.8. The zero-order valence-corrected chi connectivity index (χ0v) is 22.9. The van der Waals surface area contributed by atoms with Crippen LogP contribution in [0.15, 0.2) is 24.3 Å². The van der Waals surface area contributed by atoms with Gasteiger partial charge < -0.3 is 9.64 Å². The van der Waals surface area contributed by atoms with Crippen molar-refractivity contribution >= 4 is 11.9 Å². The van der Waals surface area contributed by atoms with Crippen molar-refractivity contribution in [3.05, 3.63) is 29.8 Å². The standard InChI is InChI=1S/C31H45NO3/c1-19-17-25-31(6,16-14-26(33)32(25)7)23-13-15-30(5)22(27(19)23)11-12-24(30)28(34)35-21-10-8-9-20(18-21)29(2,3)4/h8-10,18-19,22-25,27H,11-17H2,1-7H3/t19-,22-,23-,24+,25+,27-,30-,31+/m0/s1. The van der Waals surface area contributed by atoms with Crippen molar-refractivity contribution in [1.82, 2.24) is 4.90 Å². The first-order valence-electron chi connectivity index (χ1n) is 13.9.